The van der Waals surface area contributed by atoms with Crippen LogP contribution in [0.15, 0.2) is 11.1 Å². The summed E-state index contributed by atoms with van der Waals surface area (Å²) >= 11 is 3.14. The van der Waals surface area contributed by atoms with Gasteiger partial charge in [0.2, 0.25) is 11.8 Å². The third-order valence-corrected chi connectivity index (χ3v) is 3.00. The minimum absolute atomic E-state index is 0.162. The average molecular weight is 289 g/mol. The molecule has 5 nitrogen and oxygen atoms in total. The highest BCUT2D eigenvalue weighted by atomic mass is 79.9. The van der Waals surface area contributed by atoms with Gasteiger partial charge in [-0.2, -0.15) is 0 Å². The van der Waals surface area contributed by atoms with Gasteiger partial charge in [-0.15, -0.1) is 0 Å². The Morgan fingerprint density at radius 1 is 1.31 bits per heavy atom. The number of hydrogen-bond acceptors (Lipinski definition) is 3. The second-order valence-electron chi connectivity index (χ2n) is 4.06. The van der Waals surface area contributed by atoms with Crippen molar-refractivity contribution in [1.29, 1.82) is 0 Å². The lowest BCUT2D eigenvalue weighted by Crippen LogP contribution is -2.64. The Kier molecular flexibility index (Phi) is 3.52. The molecule has 0 bridgehead atoms. The lowest BCUT2D eigenvalue weighted by Gasteiger charge is -2.36. The molecule has 6 heteroatoms. The van der Waals surface area contributed by atoms with Crippen molar-refractivity contribution in [2.45, 2.75) is 20.3 Å². The fourth-order valence-electron chi connectivity index (χ4n) is 1.76. The van der Waals surface area contributed by atoms with Crippen LogP contribution < -0.4 is 10.6 Å². The Morgan fingerprint density at radius 3 is 2.06 bits per heavy atom. The first-order valence-electron chi connectivity index (χ1n) is 4.81. The fourth-order valence-corrected chi connectivity index (χ4v) is 2.20. The molecule has 2 N–H and O–H groups in total. The largest absolute Gasteiger partial charge is 0.328 e. The first-order valence-corrected chi connectivity index (χ1v) is 5.60. The molecule has 0 aromatic carbocycles. The second kappa shape index (κ2) is 4.37. The first-order chi connectivity index (χ1) is 7.30. The highest BCUT2D eigenvalue weighted by molar-refractivity contribution is 9.11. The van der Waals surface area contributed by atoms with Crippen molar-refractivity contribution in [2.24, 2.45) is 11.3 Å². The van der Waals surface area contributed by atoms with Crippen molar-refractivity contribution in [3.05, 3.63) is 11.1 Å². The molecule has 0 aliphatic carbocycles. The number of urea groups is 1. The molecular formula is C10H13BrN2O3. The van der Waals surface area contributed by atoms with Gasteiger partial charge in [0, 0.05) is 6.42 Å². The minimum atomic E-state index is -1.27. The van der Waals surface area contributed by atoms with Crippen LogP contribution in [0.5, 0.6) is 0 Å². The smallest absolute Gasteiger partial charge is 0.277 e. The number of allylic oxidation sites excluding steroid dienone is 1. The molecule has 1 rings (SSSR count). The van der Waals surface area contributed by atoms with E-state index in [9.17, 15) is 14.4 Å². The van der Waals surface area contributed by atoms with E-state index in [1.54, 1.807) is 13.8 Å². The van der Waals surface area contributed by atoms with Gasteiger partial charge in [-0.05, 0) is 10.4 Å². The van der Waals surface area contributed by atoms with Crippen LogP contribution in [-0.2, 0) is 9.59 Å². The van der Waals surface area contributed by atoms with Gasteiger partial charge in [0.25, 0.3) is 0 Å². The summed E-state index contributed by atoms with van der Waals surface area (Å²) < 4.78 is 0.542. The van der Waals surface area contributed by atoms with Gasteiger partial charge < -0.3 is 0 Å². The van der Waals surface area contributed by atoms with E-state index in [1.165, 1.54) is 0 Å². The molecule has 16 heavy (non-hydrogen) atoms. The van der Waals surface area contributed by atoms with Gasteiger partial charge in [-0.1, -0.05) is 36.4 Å². The van der Waals surface area contributed by atoms with Crippen molar-refractivity contribution >= 4 is 33.8 Å². The van der Waals surface area contributed by atoms with Crippen LogP contribution in [0, 0.1) is 11.3 Å². The number of rotatable bonds is 3. The van der Waals surface area contributed by atoms with Crippen LogP contribution >= 0.6 is 15.9 Å². The predicted octanol–water partition coefficient (Wildman–Crippen LogP) is 1.29. The molecule has 1 saturated heterocycles. The van der Waals surface area contributed by atoms with Gasteiger partial charge in [-0.25, -0.2) is 4.79 Å². The monoisotopic (exact) mass is 288 g/mol. The molecule has 1 aliphatic rings. The molecule has 0 aromatic rings. The summed E-state index contributed by atoms with van der Waals surface area (Å²) in [5.74, 6) is -1.39. The fraction of sp³-hybridized carbons (Fsp3) is 0.500. The molecule has 0 spiro atoms. The molecule has 4 amide bonds. The SMILES string of the molecule is C=C(Br)CC1(C(C)C)C(=O)NC(=O)NC1=O. The lowest BCUT2D eigenvalue weighted by molar-refractivity contribution is -0.147. The summed E-state index contributed by atoms with van der Waals surface area (Å²) in [5.41, 5.74) is -1.27. The van der Waals surface area contributed by atoms with E-state index in [1.807, 2.05) is 0 Å². The molecule has 88 valence electrons. The zero-order valence-corrected chi connectivity index (χ0v) is 10.7. The first kappa shape index (κ1) is 12.9. The number of amides is 4. The number of carbonyl (C=O) groups is 3. The molecule has 0 aromatic heterocycles. The Morgan fingerprint density at radius 2 is 1.75 bits per heavy atom. The van der Waals surface area contributed by atoms with Crippen molar-refractivity contribution in [3.8, 4) is 0 Å². The molecule has 0 unspecified atom stereocenters. The summed E-state index contributed by atoms with van der Waals surface area (Å²) in [4.78, 5) is 34.7. The van der Waals surface area contributed by atoms with E-state index in [-0.39, 0.29) is 12.3 Å². The predicted molar refractivity (Wildman–Crippen MR) is 61.6 cm³/mol. The highest BCUT2D eigenvalue weighted by Crippen LogP contribution is 2.37. The number of barbiturate groups is 1. The number of carbonyl (C=O) groups excluding carboxylic acids is 3. The van der Waals surface area contributed by atoms with Gasteiger partial charge >= 0.3 is 6.03 Å². The second-order valence-corrected chi connectivity index (χ2v) is 5.18. The minimum Gasteiger partial charge on any atom is -0.277 e. The molecule has 1 aliphatic heterocycles. The maximum absolute atomic E-state index is 11.9. The summed E-state index contributed by atoms with van der Waals surface area (Å²) in [6.45, 7) is 7.15. The zero-order chi connectivity index (χ0) is 12.5. The molecule has 1 heterocycles. The Balaban J connectivity index is 3.17. The van der Waals surface area contributed by atoms with E-state index in [0.717, 1.165) is 0 Å². The maximum atomic E-state index is 11.9. The zero-order valence-electron chi connectivity index (χ0n) is 9.09. The van der Waals surface area contributed by atoms with E-state index < -0.39 is 23.3 Å². The molecule has 0 saturated carbocycles. The highest BCUT2D eigenvalue weighted by Gasteiger charge is 2.52. The number of hydrogen-bond donors (Lipinski definition) is 2. The third kappa shape index (κ3) is 2.02. The van der Waals surface area contributed by atoms with Gasteiger partial charge in [0.1, 0.15) is 5.41 Å². The van der Waals surface area contributed by atoms with Crippen molar-refractivity contribution in [1.82, 2.24) is 10.6 Å². The number of nitrogens with one attached hydrogen (secondary N) is 2. The quantitative estimate of drug-likeness (QED) is 0.769. The van der Waals surface area contributed by atoms with E-state index in [0.29, 0.717) is 4.48 Å². The molecular weight excluding hydrogens is 276 g/mol. The molecule has 0 radical (unpaired) electrons. The van der Waals surface area contributed by atoms with Crippen LogP contribution in [-0.4, -0.2) is 17.8 Å². The van der Waals surface area contributed by atoms with Crippen LogP contribution in [0.2, 0.25) is 0 Å². The standard InChI is InChI=1S/C10H13BrN2O3/c1-5(2)10(4-6(3)11)7(14)12-9(16)13-8(10)15/h5H,3-4H2,1-2H3,(H2,12,13,14,15,16). The summed E-state index contributed by atoms with van der Waals surface area (Å²) in [7, 11) is 0. The Hall–Kier alpha value is -1.17. The van der Waals surface area contributed by atoms with Crippen LogP contribution in [0.3, 0.4) is 0 Å². The topological polar surface area (TPSA) is 75.3 Å². The van der Waals surface area contributed by atoms with Crippen molar-refractivity contribution < 1.29 is 14.4 Å². The van der Waals surface area contributed by atoms with Gasteiger partial charge in [-0.3, -0.25) is 20.2 Å². The van der Waals surface area contributed by atoms with Crippen molar-refractivity contribution in [2.75, 3.05) is 0 Å². The molecule has 1 fully saturated rings. The summed E-state index contributed by atoms with van der Waals surface area (Å²) in [6.07, 6.45) is 0.162. The summed E-state index contributed by atoms with van der Waals surface area (Å²) in [5, 5.41) is 4.23. The van der Waals surface area contributed by atoms with Crippen molar-refractivity contribution in [3.63, 3.8) is 0 Å². The summed E-state index contributed by atoms with van der Waals surface area (Å²) in [6, 6.07) is -0.772. The Labute approximate surface area is 102 Å². The van der Waals surface area contributed by atoms with E-state index in [2.05, 4.69) is 33.1 Å². The normalized spacial score (nSPS) is 19.4. The van der Waals surface area contributed by atoms with Gasteiger partial charge in [0.05, 0.1) is 0 Å². The Bertz CT molecular complexity index is 356. The van der Waals surface area contributed by atoms with E-state index >= 15 is 0 Å². The third-order valence-electron chi connectivity index (χ3n) is 2.72. The van der Waals surface area contributed by atoms with Crippen LogP contribution in [0.1, 0.15) is 20.3 Å². The van der Waals surface area contributed by atoms with E-state index in [4.69, 9.17) is 0 Å². The number of imide groups is 2. The lowest BCUT2D eigenvalue weighted by atomic mass is 9.72. The maximum Gasteiger partial charge on any atom is 0.328 e. The van der Waals surface area contributed by atoms with Crippen LogP contribution in [0.25, 0.3) is 0 Å². The van der Waals surface area contributed by atoms with Crippen LogP contribution in [0.4, 0.5) is 4.79 Å². The number of halogens is 1. The molecule has 0 atom stereocenters. The van der Waals surface area contributed by atoms with Gasteiger partial charge in [0.15, 0.2) is 0 Å². The average Bonchev–Trinajstić information content (AvgIpc) is 2.10.